The zero-order chi connectivity index (χ0) is 30.2. The minimum Gasteiger partial charge on any atom is -0.135 e. The van der Waals surface area contributed by atoms with Crippen molar-refractivity contribution < 1.29 is 0 Å². The van der Waals surface area contributed by atoms with E-state index in [4.69, 9.17) is 0 Å². The SMILES string of the molecule is c1ccc(-c2cc3cc4sc5cc(-c6c7ccccc7c(-c7cccc8ccccc78)c7ccccc67)ccc5c4cc3s2)cc1. The van der Waals surface area contributed by atoms with E-state index in [0.717, 1.165) is 0 Å². The molecule has 0 aliphatic carbocycles. The molecule has 0 saturated carbocycles. The molecule has 0 aliphatic heterocycles. The van der Waals surface area contributed by atoms with Crippen molar-refractivity contribution in [2.75, 3.05) is 0 Å². The summed E-state index contributed by atoms with van der Waals surface area (Å²) in [5.74, 6) is 0. The third kappa shape index (κ3) is 3.91. The molecule has 2 heterocycles. The van der Waals surface area contributed by atoms with Crippen LogP contribution < -0.4 is 0 Å². The van der Waals surface area contributed by atoms with Crippen molar-refractivity contribution in [1.82, 2.24) is 0 Å². The Labute approximate surface area is 274 Å². The second kappa shape index (κ2) is 10.1. The molecule has 0 unspecified atom stereocenters. The lowest BCUT2D eigenvalue weighted by Crippen LogP contribution is -1.91. The van der Waals surface area contributed by atoms with Gasteiger partial charge in [-0.05, 0) is 89.8 Å². The van der Waals surface area contributed by atoms with Gasteiger partial charge in [0.15, 0.2) is 0 Å². The van der Waals surface area contributed by atoms with Gasteiger partial charge >= 0.3 is 0 Å². The van der Waals surface area contributed by atoms with E-state index in [-0.39, 0.29) is 0 Å². The zero-order valence-corrected chi connectivity index (χ0v) is 26.5. The molecule has 0 bridgehead atoms. The van der Waals surface area contributed by atoms with Crippen LogP contribution in [-0.4, -0.2) is 0 Å². The van der Waals surface area contributed by atoms with E-state index in [0.29, 0.717) is 0 Å². The normalized spacial score (nSPS) is 11.9. The van der Waals surface area contributed by atoms with Crippen LogP contribution in [0, 0.1) is 0 Å². The van der Waals surface area contributed by atoms with Crippen LogP contribution in [0.25, 0.3) is 95.3 Å². The van der Waals surface area contributed by atoms with Crippen molar-refractivity contribution >= 4 is 85.2 Å². The highest BCUT2D eigenvalue weighted by Gasteiger charge is 2.19. The summed E-state index contributed by atoms with van der Waals surface area (Å²) in [5.41, 5.74) is 6.46. The lowest BCUT2D eigenvalue weighted by atomic mass is 9.84. The van der Waals surface area contributed by atoms with Crippen molar-refractivity contribution in [1.29, 1.82) is 0 Å². The third-order valence-electron chi connectivity index (χ3n) is 9.45. The number of benzene rings is 8. The molecule has 0 N–H and O–H groups in total. The van der Waals surface area contributed by atoms with Gasteiger partial charge in [-0.25, -0.2) is 0 Å². The summed E-state index contributed by atoms with van der Waals surface area (Å²) < 4.78 is 4.02. The van der Waals surface area contributed by atoms with E-state index in [1.165, 1.54) is 95.3 Å². The van der Waals surface area contributed by atoms with Gasteiger partial charge in [-0.2, -0.15) is 0 Å². The molecule has 214 valence electrons. The molecule has 10 aromatic rings. The summed E-state index contributed by atoms with van der Waals surface area (Å²) in [6, 6.07) is 58.4. The van der Waals surface area contributed by atoms with E-state index in [2.05, 4.69) is 158 Å². The Morgan fingerprint density at radius 1 is 0.304 bits per heavy atom. The van der Waals surface area contributed by atoms with Crippen LogP contribution in [0.3, 0.4) is 0 Å². The first-order valence-corrected chi connectivity index (χ1v) is 17.3. The molecule has 46 heavy (non-hydrogen) atoms. The predicted octanol–water partition coefficient (Wildman–Crippen LogP) is 13.7. The van der Waals surface area contributed by atoms with Gasteiger partial charge < -0.3 is 0 Å². The van der Waals surface area contributed by atoms with Crippen LogP contribution in [0.1, 0.15) is 0 Å². The Morgan fingerprint density at radius 2 is 0.935 bits per heavy atom. The number of rotatable bonds is 3. The Kier molecular flexibility index (Phi) is 5.72. The number of fused-ring (bicyclic) bond motifs is 7. The molecule has 0 aliphatic rings. The van der Waals surface area contributed by atoms with E-state index in [1.807, 2.05) is 22.7 Å². The summed E-state index contributed by atoms with van der Waals surface area (Å²) in [7, 11) is 0. The first-order valence-electron chi connectivity index (χ1n) is 15.7. The molecule has 2 heteroatoms. The fraction of sp³-hybridized carbons (Fsp3) is 0. The summed E-state index contributed by atoms with van der Waals surface area (Å²) in [4.78, 5) is 1.32. The fourth-order valence-electron chi connectivity index (χ4n) is 7.38. The molecule has 0 radical (unpaired) electrons. The minimum absolute atomic E-state index is 1.27. The predicted molar refractivity (Wildman–Crippen MR) is 204 cm³/mol. The average Bonchev–Trinajstić information content (AvgIpc) is 3.69. The van der Waals surface area contributed by atoms with Crippen molar-refractivity contribution in [3.8, 4) is 32.7 Å². The highest BCUT2D eigenvalue weighted by Crippen LogP contribution is 2.47. The van der Waals surface area contributed by atoms with E-state index >= 15 is 0 Å². The van der Waals surface area contributed by atoms with Gasteiger partial charge in [0.05, 0.1) is 0 Å². The summed E-state index contributed by atoms with van der Waals surface area (Å²) in [6.45, 7) is 0. The number of hydrogen-bond acceptors (Lipinski definition) is 2. The van der Waals surface area contributed by atoms with Gasteiger partial charge in [0.2, 0.25) is 0 Å². The third-order valence-corrected chi connectivity index (χ3v) is 11.7. The molecule has 0 fully saturated rings. The zero-order valence-electron chi connectivity index (χ0n) is 24.8. The molecule has 0 nitrogen and oxygen atoms in total. The molecule has 2 aromatic heterocycles. The molecule has 0 amide bonds. The van der Waals surface area contributed by atoms with Gasteiger partial charge in [0.25, 0.3) is 0 Å². The van der Waals surface area contributed by atoms with Crippen molar-refractivity contribution in [3.05, 3.63) is 158 Å². The lowest BCUT2D eigenvalue weighted by molar-refractivity contribution is 1.69. The molecule has 8 aromatic carbocycles. The van der Waals surface area contributed by atoms with Gasteiger partial charge in [-0.15, -0.1) is 22.7 Å². The van der Waals surface area contributed by atoms with Gasteiger partial charge in [0, 0.05) is 29.7 Å². The summed E-state index contributed by atoms with van der Waals surface area (Å²) >= 11 is 3.79. The maximum absolute atomic E-state index is 2.43. The second-order valence-corrected chi connectivity index (χ2v) is 14.2. The molecule has 0 saturated heterocycles. The van der Waals surface area contributed by atoms with Gasteiger partial charge in [-0.1, -0.05) is 133 Å². The maximum Gasteiger partial charge on any atom is 0.0362 e. The number of thiophene rings is 2. The summed E-state index contributed by atoms with van der Waals surface area (Å²) in [6.07, 6.45) is 0. The molecule has 10 rings (SSSR count). The van der Waals surface area contributed by atoms with E-state index < -0.39 is 0 Å². The molecular formula is C44H26S2. The maximum atomic E-state index is 2.43. The fourth-order valence-corrected chi connectivity index (χ4v) is 9.65. The highest BCUT2D eigenvalue weighted by molar-refractivity contribution is 7.26. The Balaban J connectivity index is 1.20. The molecule has 0 atom stereocenters. The Hall–Kier alpha value is -5.28. The van der Waals surface area contributed by atoms with Crippen LogP contribution in [0.2, 0.25) is 0 Å². The smallest absolute Gasteiger partial charge is 0.0362 e. The average molecular weight is 619 g/mol. The van der Waals surface area contributed by atoms with Crippen LogP contribution >= 0.6 is 22.7 Å². The topological polar surface area (TPSA) is 0 Å². The van der Waals surface area contributed by atoms with Crippen molar-refractivity contribution in [3.63, 3.8) is 0 Å². The van der Waals surface area contributed by atoms with Crippen LogP contribution in [0.15, 0.2) is 158 Å². The number of hydrogen-bond donors (Lipinski definition) is 0. The molecular weight excluding hydrogens is 593 g/mol. The van der Waals surface area contributed by atoms with E-state index in [9.17, 15) is 0 Å². The Morgan fingerprint density at radius 3 is 1.70 bits per heavy atom. The van der Waals surface area contributed by atoms with Crippen LogP contribution in [0.4, 0.5) is 0 Å². The van der Waals surface area contributed by atoms with Crippen LogP contribution in [-0.2, 0) is 0 Å². The van der Waals surface area contributed by atoms with Gasteiger partial charge in [-0.3, -0.25) is 0 Å². The lowest BCUT2D eigenvalue weighted by Gasteiger charge is -2.18. The quantitative estimate of drug-likeness (QED) is 0.173. The Bertz CT molecular complexity index is 2740. The van der Waals surface area contributed by atoms with Crippen molar-refractivity contribution in [2.45, 2.75) is 0 Å². The monoisotopic (exact) mass is 618 g/mol. The van der Waals surface area contributed by atoms with Gasteiger partial charge in [0.1, 0.15) is 0 Å². The molecule has 0 spiro atoms. The second-order valence-electron chi connectivity index (χ2n) is 12.0. The first-order chi connectivity index (χ1) is 22.8. The van der Waals surface area contributed by atoms with E-state index in [1.54, 1.807) is 0 Å². The first kappa shape index (κ1) is 26.0. The van der Waals surface area contributed by atoms with Crippen LogP contribution in [0.5, 0.6) is 0 Å². The summed E-state index contributed by atoms with van der Waals surface area (Å²) in [5, 5.41) is 11.7. The minimum atomic E-state index is 1.27. The van der Waals surface area contributed by atoms with Crippen molar-refractivity contribution in [2.24, 2.45) is 0 Å². The standard InChI is InChI=1S/C44H26S2/c1-2-12-28(13-3-1)39-24-30-25-42-38(26-40(30)45-39)32-22-21-29(23-41(32)46-42)43-34-16-6-8-18-36(34)44(37-19-9-7-17-35(37)43)33-20-10-14-27-11-4-5-15-31(27)33/h1-26H. The largest absolute Gasteiger partial charge is 0.135 e. The highest BCUT2D eigenvalue weighted by atomic mass is 32.1.